The van der Waals surface area contributed by atoms with E-state index < -0.39 is 5.97 Å². The molecule has 0 saturated carbocycles. The van der Waals surface area contributed by atoms with Gasteiger partial charge in [-0.1, -0.05) is 0 Å². The summed E-state index contributed by atoms with van der Waals surface area (Å²) in [6, 6.07) is 0. The van der Waals surface area contributed by atoms with E-state index >= 15 is 0 Å². The van der Waals surface area contributed by atoms with Gasteiger partial charge in [-0.3, -0.25) is 10.2 Å². The molecule has 5 heteroatoms. The number of hydrogen-bond acceptors (Lipinski definition) is 3. The molecule has 2 N–H and O–H groups in total. The van der Waals surface area contributed by atoms with E-state index in [4.69, 9.17) is 10.5 Å². The second-order valence-corrected chi connectivity index (χ2v) is 1.02. The first-order valence-electron chi connectivity index (χ1n) is 1.95. The van der Waals surface area contributed by atoms with E-state index in [0.717, 1.165) is 7.48 Å². The topological polar surface area (TPSA) is 70.4 Å². The molecule has 0 fully saturated rings. The van der Waals surface area contributed by atoms with E-state index in [0.29, 0.717) is 6.40 Å². The Morgan fingerprint density at radius 1 is 2.00 bits per heavy atom. The van der Waals surface area contributed by atoms with Crippen molar-refractivity contribution in [2.45, 2.75) is 6.32 Å². The summed E-state index contributed by atoms with van der Waals surface area (Å²) in [6.07, 6.45) is 0.498. The summed E-state index contributed by atoms with van der Waals surface area (Å²) < 4.78 is 4.18. The average Bonchev–Trinajstić information content (AvgIpc) is 1.66. The molecule has 0 spiro atoms. The van der Waals surface area contributed by atoms with Crippen LogP contribution in [0.1, 0.15) is 0 Å². The number of rotatable bonds is 4. The van der Waals surface area contributed by atoms with Crippen LogP contribution in [0.25, 0.3) is 0 Å². The van der Waals surface area contributed by atoms with Crippen LogP contribution in [0.3, 0.4) is 0 Å². The number of carboxylic acid groups (broad SMARTS) is 1. The molecule has 0 heterocycles. The van der Waals surface area contributed by atoms with Crippen LogP contribution >= 0.6 is 0 Å². The van der Waals surface area contributed by atoms with E-state index in [1.807, 2.05) is 0 Å². The number of carboxylic acids is 1. The van der Waals surface area contributed by atoms with Crippen LogP contribution in [0.4, 0.5) is 0 Å². The van der Waals surface area contributed by atoms with Gasteiger partial charge in [0.2, 0.25) is 0 Å². The molecule has 0 atom stereocenters. The lowest BCUT2D eigenvalue weighted by molar-refractivity contribution is -0.134. The van der Waals surface area contributed by atoms with Gasteiger partial charge in [0.15, 0.2) is 0 Å². The number of carbonyl (C=O) groups is 1. The molecule has 1 radical (unpaired) electrons. The van der Waals surface area contributed by atoms with Crippen LogP contribution in [-0.4, -0.2) is 25.0 Å². The first kappa shape index (κ1) is 7.00. The van der Waals surface area contributed by atoms with E-state index in [2.05, 4.69) is 4.65 Å². The van der Waals surface area contributed by atoms with Gasteiger partial charge in [-0.25, -0.2) is 0 Å². The molecule has 8 heavy (non-hydrogen) atoms. The summed E-state index contributed by atoms with van der Waals surface area (Å²) in [7, 11) is 1.04. The summed E-state index contributed by atoms with van der Waals surface area (Å²) in [5, 5.41) is 14.2. The van der Waals surface area contributed by atoms with Crippen LogP contribution in [0.15, 0.2) is 0 Å². The Labute approximate surface area is 47.2 Å². The van der Waals surface area contributed by atoms with Gasteiger partial charge in [-0.15, -0.1) is 0 Å². The highest BCUT2D eigenvalue weighted by Crippen LogP contribution is 1.75. The van der Waals surface area contributed by atoms with Crippen LogP contribution in [0.5, 0.6) is 0 Å². The summed E-state index contributed by atoms with van der Waals surface area (Å²) in [6.45, 7) is 0. The van der Waals surface area contributed by atoms with Crippen molar-refractivity contribution in [3.63, 3.8) is 0 Å². The molecule has 0 aliphatic carbocycles. The van der Waals surface area contributed by atoms with Gasteiger partial charge < -0.3 is 9.76 Å². The van der Waals surface area contributed by atoms with Crippen molar-refractivity contribution >= 4 is 19.9 Å². The maximum absolute atomic E-state index is 9.69. The second kappa shape index (κ2) is 4.17. The van der Waals surface area contributed by atoms with Crippen molar-refractivity contribution < 1.29 is 14.6 Å². The first-order chi connectivity index (χ1) is 3.77. The molecular weight excluding hydrogens is 109 g/mol. The Hall–Kier alpha value is -0.995. The molecule has 0 aliphatic heterocycles. The Balaban J connectivity index is 2.93. The van der Waals surface area contributed by atoms with E-state index in [1.165, 1.54) is 0 Å². The minimum atomic E-state index is -0.966. The predicted octanol–water partition coefficient (Wildman–Crippen LogP) is -0.268. The van der Waals surface area contributed by atoms with E-state index in [1.54, 1.807) is 0 Å². The van der Waals surface area contributed by atoms with Crippen molar-refractivity contribution in [2.75, 3.05) is 0 Å². The van der Waals surface area contributed by atoms with Crippen molar-refractivity contribution in [2.24, 2.45) is 0 Å². The van der Waals surface area contributed by atoms with Crippen LogP contribution in [-0.2, 0) is 9.45 Å². The molecule has 0 saturated heterocycles. The summed E-state index contributed by atoms with van der Waals surface area (Å²) >= 11 is 0. The standard InChI is InChI=1S/C3H5BNO3/c5-2-8-4-1-3(6)7/h2,5H,1H2,(H,6,7). The normalized spacial score (nSPS) is 7.50. The monoisotopic (exact) mass is 114 g/mol. The third-order valence-electron chi connectivity index (χ3n) is 0.422. The highest BCUT2D eigenvalue weighted by atomic mass is 16.4. The lowest BCUT2D eigenvalue weighted by Crippen LogP contribution is -2.03. The molecule has 0 bridgehead atoms. The zero-order chi connectivity index (χ0) is 6.41. The van der Waals surface area contributed by atoms with Crippen molar-refractivity contribution in [3.8, 4) is 0 Å². The molecule has 0 aromatic heterocycles. The Bertz CT molecular complexity index is 94.5. The molecule has 0 aliphatic rings. The fourth-order valence-electron chi connectivity index (χ4n) is 0.168. The van der Waals surface area contributed by atoms with Gasteiger partial charge >= 0.3 is 7.48 Å². The minimum absolute atomic E-state index is 0.171. The van der Waals surface area contributed by atoms with Crippen LogP contribution in [0.2, 0.25) is 6.32 Å². The smallest absolute Gasteiger partial charge is 0.382 e. The van der Waals surface area contributed by atoms with Gasteiger partial charge in [0.05, 0.1) is 6.32 Å². The van der Waals surface area contributed by atoms with Gasteiger partial charge in [0.25, 0.3) is 5.97 Å². The van der Waals surface area contributed by atoms with Gasteiger partial charge in [0.1, 0.15) is 6.40 Å². The van der Waals surface area contributed by atoms with Crippen LogP contribution < -0.4 is 0 Å². The highest BCUT2D eigenvalue weighted by Gasteiger charge is 1.97. The Morgan fingerprint density at radius 3 is 3.00 bits per heavy atom. The minimum Gasteiger partial charge on any atom is -0.555 e. The quantitative estimate of drug-likeness (QED) is 0.228. The highest BCUT2D eigenvalue weighted by molar-refractivity contribution is 6.35. The largest absolute Gasteiger partial charge is 0.555 e. The third kappa shape index (κ3) is 5.00. The number of aliphatic carboxylic acids is 1. The Morgan fingerprint density at radius 2 is 2.62 bits per heavy atom. The van der Waals surface area contributed by atoms with Crippen molar-refractivity contribution in [1.82, 2.24) is 0 Å². The fraction of sp³-hybridized carbons (Fsp3) is 0.333. The molecule has 4 nitrogen and oxygen atoms in total. The lowest BCUT2D eigenvalue weighted by Gasteiger charge is -1.88. The first-order valence-corrected chi connectivity index (χ1v) is 1.95. The van der Waals surface area contributed by atoms with E-state index in [9.17, 15) is 4.79 Å². The lowest BCUT2D eigenvalue weighted by atomic mass is 9.96. The van der Waals surface area contributed by atoms with Crippen molar-refractivity contribution in [3.05, 3.63) is 0 Å². The predicted molar refractivity (Wildman–Crippen MR) is 28.1 cm³/mol. The maximum atomic E-state index is 9.69. The molecule has 0 aromatic rings. The fourth-order valence-corrected chi connectivity index (χ4v) is 0.168. The Kier molecular flexibility index (Phi) is 3.65. The maximum Gasteiger partial charge on any atom is 0.382 e. The summed E-state index contributed by atoms with van der Waals surface area (Å²) in [5.41, 5.74) is 0. The van der Waals surface area contributed by atoms with E-state index in [-0.39, 0.29) is 6.32 Å². The molecule has 0 amide bonds. The van der Waals surface area contributed by atoms with Gasteiger partial charge in [-0.2, -0.15) is 0 Å². The molecular formula is C3H5BNO3. The molecule has 43 valence electrons. The SMILES string of the molecule is N=CO[B]CC(=O)O. The number of nitrogens with one attached hydrogen (secondary N) is 1. The number of hydrogen-bond donors (Lipinski definition) is 2. The summed E-state index contributed by atoms with van der Waals surface area (Å²) in [4.78, 5) is 9.69. The molecule has 0 rings (SSSR count). The van der Waals surface area contributed by atoms with Gasteiger partial charge in [0, 0.05) is 0 Å². The summed E-state index contributed by atoms with van der Waals surface area (Å²) in [5.74, 6) is -0.966. The third-order valence-corrected chi connectivity index (χ3v) is 0.422. The second-order valence-electron chi connectivity index (χ2n) is 1.02. The van der Waals surface area contributed by atoms with Gasteiger partial charge in [-0.05, 0) is 0 Å². The average molecular weight is 114 g/mol. The zero-order valence-electron chi connectivity index (χ0n) is 4.13. The van der Waals surface area contributed by atoms with Crippen LogP contribution in [0, 0.1) is 5.41 Å². The molecule has 0 aromatic carbocycles. The molecule has 0 unspecified atom stereocenters. The zero-order valence-corrected chi connectivity index (χ0v) is 4.13. The van der Waals surface area contributed by atoms with Crippen molar-refractivity contribution in [1.29, 1.82) is 5.41 Å².